The van der Waals surface area contributed by atoms with Crippen LogP contribution >= 0.6 is 34.7 Å². The molecule has 0 spiro atoms. The molecule has 0 atom stereocenters. The molecule has 0 radical (unpaired) electrons. The maximum atomic E-state index is 12.8. The zero-order chi connectivity index (χ0) is 22.0. The van der Waals surface area contributed by atoms with E-state index < -0.39 is 10.0 Å². The Morgan fingerprint density at radius 1 is 1.03 bits per heavy atom. The zero-order valence-corrected chi connectivity index (χ0v) is 19.2. The topological polar surface area (TPSA) is 95.5 Å². The van der Waals surface area contributed by atoms with E-state index in [1.54, 1.807) is 47.4 Å². The van der Waals surface area contributed by atoms with Gasteiger partial charge in [0.25, 0.3) is 15.9 Å². The highest BCUT2D eigenvalue weighted by molar-refractivity contribution is 7.93. The van der Waals surface area contributed by atoms with Gasteiger partial charge in [-0.15, -0.1) is 0 Å². The van der Waals surface area contributed by atoms with Crippen LogP contribution in [0, 0.1) is 0 Å². The fourth-order valence-corrected chi connectivity index (χ4v) is 5.38. The summed E-state index contributed by atoms with van der Waals surface area (Å²) in [6, 6.07) is 11.4. The molecule has 1 saturated heterocycles. The number of carbonyl (C=O) groups excluding carboxylic acids is 1. The Bertz CT molecular complexity index is 1180. The average molecular weight is 498 g/mol. The Morgan fingerprint density at radius 2 is 1.74 bits per heavy atom. The van der Waals surface area contributed by atoms with Crippen LogP contribution in [0.5, 0.6) is 0 Å². The molecule has 1 N–H and O–H groups in total. The molecule has 1 aliphatic heterocycles. The van der Waals surface area contributed by atoms with Gasteiger partial charge >= 0.3 is 0 Å². The van der Waals surface area contributed by atoms with Gasteiger partial charge in [0.05, 0.1) is 15.5 Å². The number of benzene rings is 2. The zero-order valence-electron chi connectivity index (χ0n) is 16.0. The van der Waals surface area contributed by atoms with Gasteiger partial charge in [-0.2, -0.15) is 4.37 Å². The lowest BCUT2D eigenvalue weighted by Gasteiger charge is -2.36. The van der Waals surface area contributed by atoms with Crippen molar-refractivity contribution >= 4 is 61.5 Å². The third-order valence-electron chi connectivity index (χ3n) is 4.82. The number of hydrogen-bond acceptors (Lipinski definition) is 7. The standard InChI is InChI=1S/C19H17Cl2N5O3S2/c20-13-1-6-16(17(21)11-13)18(27)26-9-7-25(8-10-26)14-2-4-15(5-3-14)31(28,29)24-19-22-12-23-30-19/h1-6,11-12H,7-10H2,(H,22,23,24). The average Bonchev–Trinajstić information content (AvgIpc) is 3.26. The van der Waals surface area contributed by atoms with Gasteiger partial charge < -0.3 is 9.80 Å². The largest absolute Gasteiger partial charge is 0.368 e. The molecule has 0 bridgehead atoms. The van der Waals surface area contributed by atoms with Crippen LogP contribution in [0.2, 0.25) is 10.0 Å². The Labute approximate surface area is 193 Å². The predicted octanol–water partition coefficient (Wildman–Crippen LogP) is 3.61. The molecular formula is C19H17Cl2N5O3S2. The Kier molecular flexibility index (Phi) is 6.33. The minimum Gasteiger partial charge on any atom is -0.368 e. The van der Waals surface area contributed by atoms with Crippen molar-refractivity contribution in [3.63, 3.8) is 0 Å². The van der Waals surface area contributed by atoms with Crippen molar-refractivity contribution in [2.75, 3.05) is 35.8 Å². The molecule has 0 aliphatic carbocycles. The quantitative estimate of drug-likeness (QED) is 0.578. The molecule has 0 unspecified atom stereocenters. The number of carbonyl (C=O) groups is 1. The first-order valence-corrected chi connectivity index (χ1v) is 12.2. The first kappa shape index (κ1) is 21.8. The van der Waals surface area contributed by atoms with Crippen molar-refractivity contribution in [2.24, 2.45) is 0 Å². The number of piperazine rings is 1. The molecule has 1 aliphatic rings. The monoisotopic (exact) mass is 497 g/mol. The third-order valence-corrected chi connectivity index (χ3v) is 7.44. The number of nitrogens with zero attached hydrogens (tertiary/aromatic N) is 4. The van der Waals surface area contributed by atoms with Crippen LogP contribution in [0.4, 0.5) is 10.8 Å². The number of aromatic nitrogens is 2. The number of halogens is 2. The maximum Gasteiger partial charge on any atom is 0.263 e. The molecule has 31 heavy (non-hydrogen) atoms. The third kappa shape index (κ3) is 4.93. The number of anilines is 2. The van der Waals surface area contributed by atoms with Crippen LogP contribution in [0.25, 0.3) is 0 Å². The van der Waals surface area contributed by atoms with Crippen molar-refractivity contribution in [1.29, 1.82) is 0 Å². The van der Waals surface area contributed by atoms with Gasteiger partial charge in [-0.1, -0.05) is 23.2 Å². The number of nitrogens with one attached hydrogen (secondary N) is 1. The number of hydrogen-bond donors (Lipinski definition) is 1. The lowest BCUT2D eigenvalue weighted by molar-refractivity contribution is 0.0747. The minimum absolute atomic E-state index is 0.134. The van der Waals surface area contributed by atoms with Crippen molar-refractivity contribution in [1.82, 2.24) is 14.3 Å². The predicted molar refractivity (Wildman–Crippen MR) is 122 cm³/mol. The maximum absolute atomic E-state index is 12.8. The van der Waals surface area contributed by atoms with Gasteiger partial charge in [0, 0.05) is 48.4 Å². The molecule has 0 saturated carbocycles. The number of rotatable bonds is 5. The van der Waals surface area contributed by atoms with Crippen molar-refractivity contribution < 1.29 is 13.2 Å². The summed E-state index contributed by atoms with van der Waals surface area (Å²) in [5, 5.41) is 1.03. The molecule has 4 rings (SSSR count). The van der Waals surface area contributed by atoms with Gasteiger partial charge in [0.2, 0.25) is 5.13 Å². The summed E-state index contributed by atoms with van der Waals surface area (Å²) < 4.78 is 31.1. The number of amides is 1. The van der Waals surface area contributed by atoms with E-state index in [1.165, 1.54) is 6.33 Å². The molecular weight excluding hydrogens is 481 g/mol. The van der Waals surface area contributed by atoms with E-state index in [4.69, 9.17) is 23.2 Å². The second-order valence-corrected chi connectivity index (χ2v) is 10.1. The Morgan fingerprint density at radius 3 is 2.35 bits per heavy atom. The first-order chi connectivity index (χ1) is 14.8. The van der Waals surface area contributed by atoms with Crippen LogP contribution in [0.1, 0.15) is 10.4 Å². The van der Waals surface area contributed by atoms with Crippen LogP contribution < -0.4 is 9.62 Å². The summed E-state index contributed by atoms with van der Waals surface area (Å²) in [6.07, 6.45) is 1.29. The molecule has 8 nitrogen and oxygen atoms in total. The molecule has 1 aromatic heterocycles. The van der Waals surface area contributed by atoms with Crippen molar-refractivity contribution in [3.8, 4) is 0 Å². The molecule has 162 valence electrons. The summed E-state index contributed by atoms with van der Waals surface area (Å²) >= 11 is 13.0. The minimum atomic E-state index is -3.72. The molecule has 12 heteroatoms. The van der Waals surface area contributed by atoms with E-state index in [0.717, 1.165) is 17.2 Å². The number of sulfonamides is 1. The highest BCUT2D eigenvalue weighted by Gasteiger charge is 2.24. The van der Waals surface area contributed by atoms with E-state index in [2.05, 4.69) is 19.0 Å². The highest BCUT2D eigenvalue weighted by Crippen LogP contribution is 2.25. The van der Waals surface area contributed by atoms with E-state index in [9.17, 15) is 13.2 Å². The SMILES string of the molecule is O=C(c1ccc(Cl)cc1Cl)N1CCN(c2ccc(S(=O)(=O)Nc3ncns3)cc2)CC1. The summed E-state index contributed by atoms with van der Waals surface area (Å²) in [7, 11) is -3.72. The van der Waals surface area contributed by atoms with Crippen LogP contribution in [0.3, 0.4) is 0 Å². The molecule has 1 fully saturated rings. The summed E-state index contributed by atoms with van der Waals surface area (Å²) in [5.41, 5.74) is 1.31. The first-order valence-electron chi connectivity index (χ1n) is 9.22. The van der Waals surface area contributed by atoms with Gasteiger partial charge in [0.15, 0.2) is 0 Å². The van der Waals surface area contributed by atoms with Crippen LogP contribution in [0.15, 0.2) is 53.7 Å². The van der Waals surface area contributed by atoms with Crippen molar-refractivity contribution in [2.45, 2.75) is 4.90 Å². The molecule has 3 aromatic rings. The second kappa shape index (κ2) is 8.99. The Balaban J connectivity index is 1.39. The van der Waals surface area contributed by atoms with Gasteiger partial charge in [-0.25, -0.2) is 13.4 Å². The highest BCUT2D eigenvalue weighted by atomic mass is 35.5. The van der Waals surface area contributed by atoms with Crippen LogP contribution in [-0.2, 0) is 10.0 Å². The summed E-state index contributed by atoms with van der Waals surface area (Å²) in [6.45, 7) is 2.28. The van der Waals surface area contributed by atoms with Gasteiger partial charge in [0.1, 0.15) is 6.33 Å². The van der Waals surface area contributed by atoms with E-state index in [0.29, 0.717) is 41.8 Å². The fraction of sp³-hybridized carbons (Fsp3) is 0.211. The Hall–Kier alpha value is -2.40. The lowest BCUT2D eigenvalue weighted by Crippen LogP contribution is -2.48. The van der Waals surface area contributed by atoms with E-state index in [-0.39, 0.29) is 15.9 Å². The van der Waals surface area contributed by atoms with Gasteiger partial charge in [-0.05, 0) is 42.5 Å². The smallest absolute Gasteiger partial charge is 0.263 e. The molecule has 2 aromatic carbocycles. The summed E-state index contributed by atoms with van der Waals surface area (Å²) in [5.74, 6) is -0.134. The normalized spacial score (nSPS) is 14.5. The molecule has 1 amide bonds. The summed E-state index contributed by atoms with van der Waals surface area (Å²) in [4.78, 5) is 20.6. The second-order valence-electron chi connectivity index (χ2n) is 6.75. The van der Waals surface area contributed by atoms with Gasteiger partial charge in [-0.3, -0.25) is 9.52 Å². The lowest BCUT2D eigenvalue weighted by atomic mass is 10.1. The van der Waals surface area contributed by atoms with Crippen molar-refractivity contribution in [3.05, 3.63) is 64.4 Å². The van der Waals surface area contributed by atoms with E-state index in [1.807, 2.05) is 0 Å². The van der Waals surface area contributed by atoms with Crippen LogP contribution in [-0.4, -0.2) is 54.8 Å². The van der Waals surface area contributed by atoms with E-state index >= 15 is 0 Å². The molecule has 2 heterocycles. The fourth-order valence-electron chi connectivity index (χ4n) is 3.23.